The Balaban J connectivity index is 2.21. The van der Waals surface area contributed by atoms with Crippen molar-refractivity contribution in [2.24, 2.45) is 0 Å². The van der Waals surface area contributed by atoms with Crippen LogP contribution in [0.3, 0.4) is 0 Å². The number of rotatable bonds is 8. The number of thioether (sulfide) groups is 1. The van der Waals surface area contributed by atoms with Crippen molar-refractivity contribution in [1.82, 2.24) is 10.2 Å². The van der Waals surface area contributed by atoms with E-state index in [0.717, 1.165) is 11.3 Å². The molecular formula is C13H15N3O4S3. The summed E-state index contributed by atoms with van der Waals surface area (Å²) in [7, 11) is -0.865. The molecule has 0 aliphatic carbocycles. The largest absolute Gasteiger partial charge is 0.493 e. The van der Waals surface area contributed by atoms with Gasteiger partial charge in [-0.15, -0.1) is 16.8 Å². The molecule has 0 saturated heterocycles. The highest BCUT2D eigenvalue weighted by Crippen LogP contribution is 2.31. The third-order valence-corrected chi connectivity index (χ3v) is 6.05. The number of hydrogen-bond acceptors (Lipinski definition) is 8. The molecule has 2 rings (SSSR count). The van der Waals surface area contributed by atoms with E-state index in [0.29, 0.717) is 21.6 Å². The average Bonchev–Trinajstić information content (AvgIpc) is 2.98. The second-order valence-electron chi connectivity index (χ2n) is 4.10. The van der Waals surface area contributed by atoms with Crippen molar-refractivity contribution in [1.29, 1.82) is 0 Å². The van der Waals surface area contributed by atoms with E-state index in [2.05, 4.69) is 21.5 Å². The van der Waals surface area contributed by atoms with Gasteiger partial charge in [0, 0.05) is 11.8 Å². The summed E-state index contributed by atoms with van der Waals surface area (Å²) in [5.41, 5.74) is 0. The van der Waals surface area contributed by atoms with Crippen molar-refractivity contribution in [3.63, 3.8) is 0 Å². The van der Waals surface area contributed by atoms with Gasteiger partial charge in [0.1, 0.15) is 0 Å². The standard InChI is InChI=1S/C13H15N3O4S3/c1-4-7-21-13-15-14-12(22-13)16-23(17,18)9-5-6-10(19-2)11(8-9)20-3/h4-6,8H,1,7H2,2-3H3,(H,14,16). The first kappa shape index (κ1) is 17.6. The van der Waals surface area contributed by atoms with Gasteiger partial charge in [-0.05, 0) is 12.1 Å². The molecule has 1 aromatic carbocycles. The average molecular weight is 373 g/mol. The summed E-state index contributed by atoms with van der Waals surface area (Å²) >= 11 is 2.59. The van der Waals surface area contributed by atoms with Crippen LogP contribution in [0.4, 0.5) is 5.13 Å². The lowest BCUT2D eigenvalue weighted by Crippen LogP contribution is -2.13. The van der Waals surface area contributed by atoms with Crippen LogP contribution in [0, 0.1) is 0 Å². The molecule has 0 unspecified atom stereocenters. The fourth-order valence-corrected chi connectivity index (χ4v) is 4.36. The Labute approximate surface area is 142 Å². The molecule has 0 aliphatic heterocycles. The van der Waals surface area contributed by atoms with Crippen molar-refractivity contribution in [3.05, 3.63) is 30.9 Å². The van der Waals surface area contributed by atoms with E-state index in [1.165, 1.54) is 44.2 Å². The van der Waals surface area contributed by atoms with Gasteiger partial charge in [0.05, 0.1) is 19.1 Å². The number of benzene rings is 1. The Morgan fingerprint density at radius 3 is 2.70 bits per heavy atom. The first-order valence-electron chi connectivity index (χ1n) is 6.32. The highest BCUT2D eigenvalue weighted by molar-refractivity contribution is 8.01. The fraction of sp³-hybridized carbons (Fsp3) is 0.231. The van der Waals surface area contributed by atoms with Crippen LogP contribution in [-0.2, 0) is 10.0 Å². The zero-order chi connectivity index (χ0) is 16.9. The van der Waals surface area contributed by atoms with E-state index >= 15 is 0 Å². The van der Waals surface area contributed by atoms with Gasteiger partial charge in [-0.1, -0.05) is 29.2 Å². The number of aromatic nitrogens is 2. The van der Waals surface area contributed by atoms with Gasteiger partial charge in [0.2, 0.25) is 5.13 Å². The van der Waals surface area contributed by atoms with Crippen molar-refractivity contribution >= 4 is 38.3 Å². The van der Waals surface area contributed by atoms with Crippen LogP contribution in [0.15, 0.2) is 40.1 Å². The normalized spacial score (nSPS) is 11.0. The predicted octanol–water partition coefficient (Wildman–Crippen LogP) is 2.63. The molecule has 0 spiro atoms. The topological polar surface area (TPSA) is 90.4 Å². The molecule has 10 heteroatoms. The number of nitrogens with one attached hydrogen (secondary N) is 1. The van der Waals surface area contributed by atoms with E-state index in [4.69, 9.17) is 9.47 Å². The van der Waals surface area contributed by atoms with Crippen LogP contribution in [0.1, 0.15) is 0 Å². The molecule has 23 heavy (non-hydrogen) atoms. The Morgan fingerprint density at radius 2 is 2.04 bits per heavy atom. The molecule has 0 bridgehead atoms. The van der Waals surface area contributed by atoms with Crippen molar-refractivity contribution < 1.29 is 17.9 Å². The fourth-order valence-electron chi connectivity index (χ4n) is 1.60. The van der Waals surface area contributed by atoms with Gasteiger partial charge in [-0.2, -0.15) is 0 Å². The third kappa shape index (κ3) is 4.36. The molecule has 0 saturated carbocycles. The van der Waals surface area contributed by atoms with E-state index in [1.807, 2.05) is 0 Å². The highest BCUT2D eigenvalue weighted by atomic mass is 32.2. The maximum absolute atomic E-state index is 12.4. The lowest BCUT2D eigenvalue weighted by atomic mass is 10.3. The van der Waals surface area contributed by atoms with E-state index < -0.39 is 10.0 Å². The minimum Gasteiger partial charge on any atom is -0.493 e. The predicted molar refractivity (Wildman–Crippen MR) is 91.2 cm³/mol. The number of hydrogen-bond donors (Lipinski definition) is 1. The minimum absolute atomic E-state index is 0.0469. The monoisotopic (exact) mass is 373 g/mol. The summed E-state index contributed by atoms with van der Waals surface area (Å²) in [6.45, 7) is 3.61. The van der Waals surface area contributed by atoms with Crippen molar-refractivity contribution in [2.45, 2.75) is 9.24 Å². The van der Waals surface area contributed by atoms with Crippen LogP contribution in [0.2, 0.25) is 0 Å². The summed E-state index contributed by atoms with van der Waals surface area (Å²) in [5, 5.41) is 7.93. The molecule has 1 aromatic heterocycles. The zero-order valence-corrected chi connectivity index (χ0v) is 14.9. The van der Waals surface area contributed by atoms with Crippen LogP contribution in [0.5, 0.6) is 11.5 Å². The van der Waals surface area contributed by atoms with Crippen LogP contribution >= 0.6 is 23.1 Å². The summed E-state index contributed by atoms with van der Waals surface area (Å²) in [5.74, 6) is 1.46. The lowest BCUT2D eigenvalue weighted by molar-refractivity contribution is 0.354. The molecule has 0 radical (unpaired) electrons. The molecule has 7 nitrogen and oxygen atoms in total. The summed E-state index contributed by atoms with van der Waals surface area (Å²) in [4.78, 5) is 0.0469. The Kier molecular flexibility index (Phi) is 5.85. The Hall–Kier alpha value is -1.78. The second kappa shape index (κ2) is 7.66. The van der Waals surface area contributed by atoms with Gasteiger partial charge in [-0.25, -0.2) is 8.42 Å². The molecule has 0 atom stereocenters. The van der Waals surface area contributed by atoms with E-state index in [1.54, 1.807) is 6.08 Å². The Morgan fingerprint density at radius 1 is 1.30 bits per heavy atom. The number of sulfonamides is 1. The van der Waals surface area contributed by atoms with Crippen LogP contribution < -0.4 is 14.2 Å². The second-order valence-corrected chi connectivity index (χ2v) is 8.02. The van der Waals surface area contributed by atoms with Crippen molar-refractivity contribution in [2.75, 3.05) is 24.7 Å². The molecule has 1 N–H and O–H groups in total. The van der Waals surface area contributed by atoms with Gasteiger partial charge in [0.25, 0.3) is 10.0 Å². The number of ether oxygens (including phenoxy) is 2. The van der Waals surface area contributed by atoms with Gasteiger partial charge < -0.3 is 9.47 Å². The van der Waals surface area contributed by atoms with Gasteiger partial charge in [0.15, 0.2) is 15.8 Å². The molecule has 1 heterocycles. The summed E-state index contributed by atoms with van der Waals surface area (Å²) in [6, 6.07) is 4.34. The number of nitrogens with zero attached hydrogens (tertiary/aromatic N) is 2. The molecule has 0 amide bonds. The summed E-state index contributed by atoms with van der Waals surface area (Å²) in [6.07, 6.45) is 1.74. The smallest absolute Gasteiger partial charge is 0.263 e. The maximum atomic E-state index is 12.4. The van der Waals surface area contributed by atoms with Gasteiger partial charge >= 0.3 is 0 Å². The summed E-state index contributed by atoms with van der Waals surface area (Å²) < 4.78 is 38.1. The quantitative estimate of drug-likeness (QED) is 0.562. The van der Waals surface area contributed by atoms with E-state index in [-0.39, 0.29) is 10.0 Å². The van der Waals surface area contributed by atoms with Gasteiger partial charge in [-0.3, -0.25) is 4.72 Å². The van der Waals surface area contributed by atoms with E-state index in [9.17, 15) is 8.42 Å². The lowest BCUT2D eigenvalue weighted by Gasteiger charge is -2.10. The molecule has 124 valence electrons. The highest BCUT2D eigenvalue weighted by Gasteiger charge is 2.19. The van der Waals surface area contributed by atoms with Crippen molar-refractivity contribution in [3.8, 4) is 11.5 Å². The van der Waals surface area contributed by atoms with Crippen LogP contribution in [0.25, 0.3) is 0 Å². The van der Waals surface area contributed by atoms with Crippen LogP contribution in [-0.4, -0.2) is 38.6 Å². The molecule has 2 aromatic rings. The molecule has 0 aliphatic rings. The first-order chi connectivity index (χ1) is 11.0. The molecule has 0 fully saturated rings. The SMILES string of the molecule is C=CCSc1nnc(NS(=O)(=O)c2ccc(OC)c(OC)c2)s1. The Bertz CT molecular complexity index is 790. The minimum atomic E-state index is -3.79. The third-order valence-electron chi connectivity index (χ3n) is 2.62. The maximum Gasteiger partial charge on any atom is 0.263 e. The number of methoxy groups -OCH3 is 2. The molecular weight excluding hydrogens is 358 g/mol. The first-order valence-corrected chi connectivity index (χ1v) is 9.60. The zero-order valence-electron chi connectivity index (χ0n) is 12.5. The number of anilines is 1.